The van der Waals surface area contributed by atoms with Crippen molar-refractivity contribution in [3.8, 4) is 22.3 Å². The zero-order valence-electron chi connectivity index (χ0n) is 42.0. The maximum atomic E-state index is 3.97. The fraction of sp³-hybridized carbons (Fsp3) is 0.0270. The lowest BCUT2D eigenvalue weighted by Gasteiger charge is -2.31. The van der Waals surface area contributed by atoms with Crippen molar-refractivity contribution in [2.24, 2.45) is 5.92 Å². The third-order valence-corrected chi connectivity index (χ3v) is 15.6. The van der Waals surface area contributed by atoms with Gasteiger partial charge in [0.15, 0.2) is 0 Å². The predicted molar refractivity (Wildman–Crippen MR) is 327 cm³/mol. The molecule has 1 unspecified atom stereocenters. The Labute approximate surface area is 443 Å². The van der Waals surface area contributed by atoms with Crippen LogP contribution >= 0.6 is 0 Å². The maximum Gasteiger partial charge on any atom is 0.0468 e. The Bertz CT molecular complexity index is 4400. The monoisotopic (exact) mass is 968 g/mol. The number of fused-ring (bicyclic) bond motifs is 7. The van der Waals surface area contributed by atoms with E-state index in [1.807, 2.05) is 12.2 Å². The van der Waals surface area contributed by atoms with Crippen molar-refractivity contribution in [2.45, 2.75) is 6.42 Å². The second-order valence-electron chi connectivity index (χ2n) is 20.0. The lowest BCUT2D eigenvalue weighted by Crippen LogP contribution is -2.19. The molecule has 0 saturated heterocycles. The van der Waals surface area contributed by atoms with Crippen LogP contribution in [0.1, 0.15) is 12.0 Å². The molecule has 0 aliphatic heterocycles. The quantitative estimate of drug-likeness (QED) is 0.0995. The summed E-state index contributed by atoms with van der Waals surface area (Å²) in [6, 6.07) is 85.6. The Hall–Kier alpha value is -9.76. The highest BCUT2D eigenvalue weighted by Crippen LogP contribution is 2.51. The Morgan fingerprint density at radius 1 is 0.395 bits per heavy atom. The van der Waals surface area contributed by atoms with E-state index in [1.165, 1.54) is 92.5 Å². The van der Waals surface area contributed by atoms with Crippen molar-refractivity contribution < 1.29 is 0 Å². The summed E-state index contributed by atoms with van der Waals surface area (Å²) in [5.41, 5.74) is 13.9. The molecule has 2 aliphatic rings. The minimum absolute atomic E-state index is 0.366. The van der Waals surface area contributed by atoms with Crippen molar-refractivity contribution in [3.63, 3.8) is 0 Å². The molecule has 0 amide bonds. The van der Waals surface area contributed by atoms with Crippen molar-refractivity contribution >= 4 is 99.1 Å². The van der Waals surface area contributed by atoms with E-state index < -0.39 is 0 Å². The van der Waals surface area contributed by atoms with Gasteiger partial charge in [-0.1, -0.05) is 225 Å². The SMILES string of the molecule is C=C/C=C\c1cccc(N(C2=CCC3C=CC=CC3=C2)c2ccc3c(-c4cccc5ccccc45)c4cc(N(c5ccc6ccccc6c5)c5ccc6ccccc6c5)ccc4c(-c4cccc5ccccc45)c3c2)c1. The molecule has 0 spiro atoms. The standard InChI is InChI=1S/C74H52N2/c1-2-3-17-50-18-14-29-59(44-50)75(60-37-34-51-19-4-7-24-56(51)45-60)63-40-42-69-71(48-63)73(67-32-15-27-54-22-10-12-30-65(54)67)70-43-41-64(49-72(70)74(69)68-33-16-28-55-23-11-13-31-66(55)68)76(61-38-35-52-20-5-8-25-57(52)46-61)62-39-36-53-21-6-9-26-58(53)47-62/h2-33,35-49,51H,1,34H2/b17-3-. The largest absolute Gasteiger partial charge is 0.311 e. The Morgan fingerprint density at radius 2 is 0.895 bits per heavy atom. The number of rotatable bonds is 10. The third-order valence-electron chi connectivity index (χ3n) is 15.6. The second kappa shape index (κ2) is 18.9. The van der Waals surface area contributed by atoms with Gasteiger partial charge in [0.05, 0.1) is 0 Å². The fourth-order valence-electron chi connectivity index (χ4n) is 12.0. The molecule has 2 heteroatoms. The molecule has 2 aliphatic carbocycles. The van der Waals surface area contributed by atoms with Crippen LogP contribution in [0.4, 0.5) is 28.4 Å². The minimum Gasteiger partial charge on any atom is -0.311 e. The van der Waals surface area contributed by atoms with Gasteiger partial charge >= 0.3 is 0 Å². The molecule has 0 bridgehead atoms. The molecule has 358 valence electrons. The molecule has 0 aromatic heterocycles. The molecule has 0 fully saturated rings. The number of hydrogen-bond donors (Lipinski definition) is 0. The molecule has 1 atom stereocenters. The Morgan fingerprint density at radius 3 is 1.50 bits per heavy atom. The van der Waals surface area contributed by atoms with Gasteiger partial charge in [0.25, 0.3) is 0 Å². The van der Waals surface area contributed by atoms with Crippen LogP contribution in [0.2, 0.25) is 0 Å². The maximum absolute atomic E-state index is 3.97. The van der Waals surface area contributed by atoms with Crippen molar-refractivity contribution in [1.82, 2.24) is 0 Å². The van der Waals surface area contributed by atoms with Crippen LogP contribution in [-0.4, -0.2) is 0 Å². The van der Waals surface area contributed by atoms with Crippen LogP contribution in [-0.2, 0) is 0 Å². The van der Waals surface area contributed by atoms with Crippen molar-refractivity contribution in [2.75, 3.05) is 9.80 Å². The smallest absolute Gasteiger partial charge is 0.0468 e. The van der Waals surface area contributed by atoms with Crippen LogP contribution in [0.25, 0.3) is 93.0 Å². The van der Waals surface area contributed by atoms with Crippen LogP contribution in [0, 0.1) is 5.92 Å². The predicted octanol–water partition coefficient (Wildman–Crippen LogP) is 20.7. The van der Waals surface area contributed by atoms with Gasteiger partial charge in [-0.3, -0.25) is 0 Å². The molecule has 12 aromatic carbocycles. The van der Waals surface area contributed by atoms with Gasteiger partial charge in [-0.25, -0.2) is 0 Å². The van der Waals surface area contributed by atoms with Gasteiger partial charge in [0.1, 0.15) is 0 Å². The summed E-state index contributed by atoms with van der Waals surface area (Å²) in [7, 11) is 0. The summed E-state index contributed by atoms with van der Waals surface area (Å²) >= 11 is 0. The number of hydrogen-bond acceptors (Lipinski definition) is 2. The summed E-state index contributed by atoms with van der Waals surface area (Å²) < 4.78 is 0. The normalized spacial score (nSPS) is 14.2. The number of anilines is 5. The van der Waals surface area contributed by atoms with Crippen molar-refractivity contribution in [1.29, 1.82) is 0 Å². The van der Waals surface area contributed by atoms with E-state index in [0.717, 1.165) is 46.1 Å². The third kappa shape index (κ3) is 7.91. The highest BCUT2D eigenvalue weighted by molar-refractivity contribution is 6.26. The zero-order chi connectivity index (χ0) is 50.5. The second-order valence-corrected chi connectivity index (χ2v) is 20.0. The van der Waals surface area contributed by atoms with E-state index in [-0.39, 0.29) is 0 Å². The zero-order valence-corrected chi connectivity index (χ0v) is 42.0. The highest BCUT2D eigenvalue weighted by atomic mass is 15.2. The summed E-state index contributed by atoms with van der Waals surface area (Å²) in [5.74, 6) is 0.366. The van der Waals surface area contributed by atoms with Crippen LogP contribution in [0.3, 0.4) is 0 Å². The first-order valence-corrected chi connectivity index (χ1v) is 26.4. The lowest BCUT2D eigenvalue weighted by atomic mass is 9.83. The summed E-state index contributed by atoms with van der Waals surface area (Å²) in [6.45, 7) is 3.97. The topological polar surface area (TPSA) is 6.48 Å². The van der Waals surface area contributed by atoms with Gasteiger partial charge in [0.2, 0.25) is 0 Å². The van der Waals surface area contributed by atoms with E-state index >= 15 is 0 Å². The summed E-state index contributed by atoms with van der Waals surface area (Å²) in [5, 5.41) is 14.4. The van der Waals surface area contributed by atoms with Gasteiger partial charge < -0.3 is 9.80 Å². The first-order chi connectivity index (χ1) is 37.6. The first kappa shape index (κ1) is 44.9. The average molecular weight is 969 g/mol. The molecule has 0 heterocycles. The number of nitrogens with zero attached hydrogens (tertiary/aromatic N) is 2. The average Bonchev–Trinajstić information content (AvgIpc) is 3.60. The van der Waals surface area contributed by atoms with E-state index in [1.54, 1.807) is 0 Å². The molecule has 76 heavy (non-hydrogen) atoms. The van der Waals surface area contributed by atoms with E-state index in [0.29, 0.717) is 5.92 Å². The summed E-state index contributed by atoms with van der Waals surface area (Å²) in [4.78, 5) is 4.91. The molecule has 12 aromatic rings. The molecule has 2 nitrogen and oxygen atoms in total. The Kier molecular flexibility index (Phi) is 11.2. The van der Waals surface area contributed by atoms with E-state index in [2.05, 4.69) is 289 Å². The number of allylic oxidation sites excluding steroid dienone is 9. The lowest BCUT2D eigenvalue weighted by molar-refractivity contribution is 0.768. The number of benzene rings is 12. The molecule has 0 radical (unpaired) electrons. The van der Waals surface area contributed by atoms with Crippen LogP contribution < -0.4 is 9.80 Å². The van der Waals surface area contributed by atoms with Crippen LogP contribution in [0.15, 0.2) is 297 Å². The molecule has 0 saturated carbocycles. The fourth-order valence-corrected chi connectivity index (χ4v) is 12.0. The van der Waals surface area contributed by atoms with E-state index in [4.69, 9.17) is 0 Å². The van der Waals surface area contributed by atoms with Gasteiger partial charge in [0, 0.05) is 40.1 Å². The molecule has 14 rings (SSSR count). The van der Waals surface area contributed by atoms with Crippen molar-refractivity contribution in [3.05, 3.63) is 303 Å². The highest BCUT2D eigenvalue weighted by Gasteiger charge is 2.26. The van der Waals surface area contributed by atoms with Crippen LogP contribution in [0.5, 0.6) is 0 Å². The van der Waals surface area contributed by atoms with E-state index in [9.17, 15) is 0 Å². The van der Waals surface area contributed by atoms with Gasteiger partial charge in [-0.05, 0) is 171 Å². The van der Waals surface area contributed by atoms with Gasteiger partial charge in [-0.2, -0.15) is 0 Å². The minimum atomic E-state index is 0.366. The first-order valence-electron chi connectivity index (χ1n) is 26.4. The summed E-state index contributed by atoms with van der Waals surface area (Å²) in [6.07, 6.45) is 20.6. The van der Waals surface area contributed by atoms with Gasteiger partial charge in [-0.15, -0.1) is 0 Å². The Balaban J connectivity index is 1.09. The molecular weight excluding hydrogens is 917 g/mol. The molecule has 0 N–H and O–H groups in total. The molecular formula is C74H52N2.